The molecular weight excluding hydrogens is 362 g/mol. The molecule has 0 spiro atoms. The second-order valence-electron chi connectivity index (χ2n) is 5.35. The van der Waals surface area contributed by atoms with Crippen LogP contribution in [0.4, 0.5) is 5.13 Å². The van der Waals surface area contributed by atoms with Crippen LogP contribution in [-0.4, -0.2) is 42.3 Å². The molecule has 3 heterocycles. The normalized spacial score (nSPS) is 14.2. The van der Waals surface area contributed by atoms with Crippen LogP contribution in [0.2, 0.25) is 0 Å². The lowest BCUT2D eigenvalue weighted by atomic mass is 10.4. The van der Waals surface area contributed by atoms with Gasteiger partial charge in [-0.25, -0.2) is 4.98 Å². The maximum atomic E-state index is 12.3. The van der Waals surface area contributed by atoms with Crippen molar-refractivity contribution in [1.29, 1.82) is 0 Å². The highest BCUT2D eigenvalue weighted by atomic mass is 32.1. The molecule has 0 radical (unpaired) electrons. The van der Waals surface area contributed by atoms with Gasteiger partial charge in [-0.2, -0.15) is 0 Å². The number of morpholine rings is 1. The van der Waals surface area contributed by atoms with Crippen molar-refractivity contribution in [2.75, 3.05) is 31.2 Å². The quantitative estimate of drug-likeness (QED) is 0.537. The van der Waals surface area contributed by atoms with Crippen LogP contribution in [0.15, 0.2) is 22.8 Å². The Morgan fingerprint density at radius 1 is 1.40 bits per heavy atom. The van der Waals surface area contributed by atoms with E-state index in [1.165, 1.54) is 11.3 Å². The number of thiazole rings is 1. The number of furan rings is 1. The predicted molar refractivity (Wildman–Crippen MR) is 98.6 cm³/mol. The van der Waals surface area contributed by atoms with Crippen molar-refractivity contribution in [3.63, 3.8) is 0 Å². The van der Waals surface area contributed by atoms with Gasteiger partial charge < -0.3 is 19.4 Å². The molecule has 1 aliphatic heterocycles. The van der Waals surface area contributed by atoms with Gasteiger partial charge in [-0.15, -0.1) is 0 Å². The average Bonchev–Trinajstić information content (AvgIpc) is 3.28. The Kier molecular flexibility index (Phi) is 5.84. The number of carbonyl (C=O) groups is 1. The summed E-state index contributed by atoms with van der Waals surface area (Å²) in [4.78, 5) is 19.5. The van der Waals surface area contributed by atoms with E-state index < -0.39 is 0 Å². The molecule has 25 heavy (non-hydrogen) atoms. The van der Waals surface area contributed by atoms with Gasteiger partial charge in [-0.05, 0) is 31.3 Å². The van der Waals surface area contributed by atoms with Gasteiger partial charge in [0.15, 0.2) is 10.2 Å². The lowest BCUT2D eigenvalue weighted by Crippen LogP contribution is -2.46. The number of nitrogens with zero attached hydrogens (tertiary/aromatic N) is 2. The molecular formula is C15H19N5O3S2. The Bertz CT molecular complexity index is 726. The molecule has 0 atom stereocenters. The summed E-state index contributed by atoms with van der Waals surface area (Å²) in [6, 6.07) is 3.63. The Labute approximate surface area is 154 Å². The topological polar surface area (TPSA) is 91.7 Å². The summed E-state index contributed by atoms with van der Waals surface area (Å²) >= 11 is 6.49. The van der Waals surface area contributed by atoms with Crippen molar-refractivity contribution < 1.29 is 13.9 Å². The van der Waals surface area contributed by atoms with Gasteiger partial charge in [-0.3, -0.25) is 15.6 Å². The first kappa shape index (κ1) is 17.6. The number of hydrogen-bond donors (Lipinski definition) is 3. The third kappa shape index (κ3) is 4.68. The number of aromatic nitrogens is 1. The molecule has 8 nitrogen and oxygen atoms in total. The highest BCUT2D eigenvalue weighted by Crippen LogP contribution is 2.26. The van der Waals surface area contributed by atoms with Gasteiger partial charge in [-0.1, -0.05) is 11.3 Å². The molecule has 2 aromatic heterocycles. The van der Waals surface area contributed by atoms with Crippen molar-refractivity contribution in [3.05, 3.63) is 34.7 Å². The Balaban J connectivity index is 1.50. The monoisotopic (exact) mass is 381 g/mol. The predicted octanol–water partition coefficient (Wildman–Crippen LogP) is 1.19. The van der Waals surface area contributed by atoms with Gasteiger partial charge in [0.2, 0.25) is 0 Å². The first-order chi connectivity index (χ1) is 12.1. The number of amides is 1. The first-order valence-corrected chi connectivity index (χ1v) is 9.02. The highest BCUT2D eigenvalue weighted by molar-refractivity contribution is 7.80. The number of hydrazine groups is 1. The number of thiocarbonyl (C=S) groups is 1. The molecule has 1 amide bonds. The molecule has 134 valence electrons. The largest absolute Gasteiger partial charge is 0.467 e. The number of ether oxygens (including phenoxy) is 1. The molecule has 0 unspecified atom stereocenters. The van der Waals surface area contributed by atoms with E-state index in [0.717, 1.165) is 24.0 Å². The van der Waals surface area contributed by atoms with E-state index in [0.29, 0.717) is 35.4 Å². The standard InChI is InChI=1S/C15H19N5O3S2/c1-10-12(25-15(17-10)20-4-7-22-8-5-20)13(21)18-19-14(24)16-9-11-3-2-6-23-11/h2-3,6H,4-5,7-9H2,1H3,(H,18,21)(H2,16,19,24). The third-order valence-electron chi connectivity index (χ3n) is 3.57. The summed E-state index contributed by atoms with van der Waals surface area (Å²) in [5, 5.41) is 4.08. The summed E-state index contributed by atoms with van der Waals surface area (Å²) in [5.74, 6) is 0.487. The number of aryl methyl sites for hydroxylation is 1. The van der Waals surface area contributed by atoms with Crippen LogP contribution in [-0.2, 0) is 11.3 Å². The maximum absolute atomic E-state index is 12.3. The molecule has 1 saturated heterocycles. The molecule has 2 aromatic rings. The summed E-state index contributed by atoms with van der Waals surface area (Å²) in [5.41, 5.74) is 5.97. The van der Waals surface area contributed by atoms with Gasteiger partial charge in [0.25, 0.3) is 5.91 Å². The number of anilines is 1. The zero-order chi connectivity index (χ0) is 17.6. The van der Waals surface area contributed by atoms with Crippen molar-refractivity contribution in [2.24, 2.45) is 0 Å². The van der Waals surface area contributed by atoms with Crippen LogP contribution < -0.4 is 21.1 Å². The third-order valence-corrected chi connectivity index (χ3v) is 5.03. The van der Waals surface area contributed by atoms with Crippen LogP contribution in [0.3, 0.4) is 0 Å². The Hall–Kier alpha value is -2.17. The number of nitrogens with one attached hydrogen (secondary N) is 3. The second-order valence-corrected chi connectivity index (χ2v) is 6.74. The summed E-state index contributed by atoms with van der Waals surface area (Å²) in [7, 11) is 0. The second kappa shape index (κ2) is 8.28. The minimum atomic E-state index is -0.267. The first-order valence-electron chi connectivity index (χ1n) is 7.80. The molecule has 3 rings (SSSR count). The fraction of sp³-hybridized carbons (Fsp3) is 0.400. The zero-order valence-electron chi connectivity index (χ0n) is 13.7. The minimum Gasteiger partial charge on any atom is -0.467 e. The van der Waals surface area contributed by atoms with E-state index in [-0.39, 0.29) is 5.91 Å². The summed E-state index contributed by atoms with van der Waals surface area (Å²) in [6.45, 7) is 5.19. The maximum Gasteiger partial charge on any atom is 0.281 e. The van der Waals surface area contributed by atoms with Crippen molar-refractivity contribution in [2.45, 2.75) is 13.5 Å². The zero-order valence-corrected chi connectivity index (χ0v) is 15.3. The van der Waals surface area contributed by atoms with Crippen LogP contribution in [0.5, 0.6) is 0 Å². The SMILES string of the molecule is Cc1nc(N2CCOCC2)sc1C(=O)NNC(=S)NCc1ccco1. The summed E-state index contributed by atoms with van der Waals surface area (Å²) < 4.78 is 10.5. The fourth-order valence-electron chi connectivity index (χ4n) is 2.28. The lowest BCUT2D eigenvalue weighted by molar-refractivity contribution is 0.0947. The highest BCUT2D eigenvalue weighted by Gasteiger charge is 2.20. The molecule has 10 heteroatoms. The van der Waals surface area contributed by atoms with Crippen LogP contribution >= 0.6 is 23.6 Å². The molecule has 0 saturated carbocycles. The van der Waals surface area contributed by atoms with E-state index in [4.69, 9.17) is 21.4 Å². The Morgan fingerprint density at radius 2 is 2.20 bits per heavy atom. The van der Waals surface area contributed by atoms with E-state index in [1.807, 2.05) is 13.0 Å². The average molecular weight is 381 g/mol. The number of rotatable bonds is 4. The van der Waals surface area contributed by atoms with Gasteiger partial charge in [0, 0.05) is 13.1 Å². The number of carbonyl (C=O) groups excluding carboxylic acids is 1. The van der Waals surface area contributed by atoms with E-state index in [2.05, 4.69) is 26.1 Å². The molecule has 1 fully saturated rings. The van der Waals surface area contributed by atoms with Crippen molar-refractivity contribution in [3.8, 4) is 0 Å². The lowest BCUT2D eigenvalue weighted by Gasteiger charge is -2.25. The molecule has 0 bridgehead atoms. The van der Waals surface area contributed by atoms with Crippen molar-refractivity contribution >= 4 is 39.7 Å². The van der Waals surface area contributed by atoms with Gasteiger partial charge >= 0.3 is 0 Å². The molecule has 0 aliphatic carbocycles. The van der Waals surface area contributed by atoms with Crippen LogP contribution in [0.25, 0.3) is 0 Å². The Morgan fingerprint density at radius 3 is 2.92 bits per heavy atom. The fourth-order valence-corrected chi connectivity index (χ4v) is 3.41. The van der Waals surface area contributed by atoms with Gasteiger partial charge in [0.05, 0.1) is 31.7 Å². The number of hydrogen-bond acceptors (Lipinski definition) is 7. The van der Waals surface area contributed by atoms with E-state index in [9.17, 15) is 4.79 Å². The van der Waals surface area contributed by atoms with Crippen LogP contribution in [0.1, 0.15) is 21.1 Å². The molecule has 0 aromatic carbocycles. The molecule has 3 N–H and O–H groups in total. The van der Waals surface area contributed by atoms with E-state index in [1.54, 1.807) is 12.3 Å². The van der Waals surface area contributed by atoms with Crippen molar-refractivity contribution in [1.82, 2.24) is 21.2 Å². The summed E-state index contributed by atoms with van der Waals surface area (Å²) in [6.07, 6.45) is 1.59. The van der Waals surface area contributed by atoms with E-state index >= 15 is 0 Å². The van der Waals surface area contributed by atoms with Crippen LogP contribution in [0, 0.1) is 6.92 Å². The smallest absolute Gasteiger partial charge is 0.281 e. The molecule has 1 aliphatic rings. The van der Waals surface area contributed by atoms with Gasteiger partial charge in [0.1, 0.15) is 10.6 Å². The minimum absolute atomic E-state index is 0.267.